The molecule has 182 valence electrons. The van der Waals surface area contributed by atoms with Crippen molar-refractivity contribution < 1.29 is 14.5 Å². The van der Waals surface area contributed by atoms with Gasteiger partial charge < -0.3 is 15.0 Å². The Labute approximate surface area is 210 Å². The van der Waals surface area contributed by atoms with Gasteiger partial charge in [-0.05, 0) is 35.4 Å². The van der Waals surface area contributed by atoms with Gasteiger partial charge in [-0.3, -0.25) is 10.1 Å². The molecule has 0 heterocycles. The Hall–Kier alpha value is -4.65. The van der Waals surface area contributed by atoms with Gasteiger partial charge in [0, 0.05) is 30.6 Å². The van der Waals surface area contributed by atoms with Crippen LogP contribution in [0.25, 0.3) is 0 Å². The summed E-state index contributed by atoms with van der Waals surface area (Å²) >= 11 is 0. The van der Waals surface area contributed by atoms with Gasteiger partial charge in [-0.15, -0.1) is 0 Å². The van der Waals surface area contributed by atoms with Crippen LogP contribution in [0.4, 0.5) is 17.1 Å². The molecule has 0 unspecified atom stereocenters. The molecule has 4 aromatic carbocycles. The van der Waals surface area contributed by atoms with Crippen LogP contribution in [-0.4, -0.2) is 25.1 Å². The van der Waals surface area contributed by atoms with Crippen molar-refractivity contribution in [1.29, 1.82) is 0 Å². The van der Waals surface area contributed by atoms with E-state index < -0.39 is 22.5 Å². The topological polar surface area (TPSA) is 84.7 Å². The first-order valence-electron chi connectivity index (χ1n) is 11.5. The molecular formula is C29H27N3O4. The fraction of sp³-hybridized carbons (Fsp3) is 0.138. The molecule has 4 rings (SSSR count). The Morgan fingerprint density at radius 1 is 0.861 bits per heavy atom. The number of nitro groups is 1. The van der Waals surface area contributed by atoms with Crippen molar-refractivity contribution in [2.45, 2.75) is 11.6 Å². The first-order valence-corrected chi connectivity index (χ1v) is 11.5. The number of methoxy groups -OCH3 is 1. The molecule has 0 saturated carbocycles. The van der Waals surface area contributed by atoms with Gasteiger partial charge in [-0.1, -0.05) is 78.9 Å². The smallest absolute Gasteiger partial charge is 0.338 e. The molecule has 0 radical (unpaired) electrons. The van der Waals surface area contributed by atoms with E-state index in [4.69, 9.17) is 4.74 Å². The van der Waals surface area contributed by atoms with E-state index in [0.717, 1.165) is 11.4 Å². The van der Waals surface area contributed by atoms with Crippen LogP contribution in [0.5, 0.6) is 0 Å². The fourth-order valence-electron chi connectivity index (χ4n) is 4.55. The summed E-state index contributed by atoms with van der Waals surface area (Å²) in [7, 11) is 3.22. The summed E-state index contributed by atoms with van der Waals surface area (Å²) in [4.78, 5) is 26.8. The van der Waals surface area contributed by atoms with Crippen molar-refractivity contribution in [3.8, 4) is 0 Å². The molecule has 0 amide bonds. The van der Waals surface area contributed by atoms with E-state index in [1.165, 1.54) is 19.2 Å². The predicted molar refractivity (Wildman–Crippen MR) is 141 cm³/mol. The number of anilines is 2. The van der Waals surface area contributed by atoms with Crippen LogP contribution in [0, 0.1) is 10.1 Å². The first-order chi connectivity index (χ1) is 17.5. The second-order valence-corrected chi connectivity index (χ2v) is 8.31. The third-order valence-electron chi connectivity index (χ3n) is 6.32. The molecule has 1 N–H and O–H groups in total. The molecule has 0 aliphatic rings. The minimum atomic E-state index is -1.39. The number of nitro benzene ring substituents is 1. The van der Waals surface area contributed by atoms with Gasteiger partial charge in [0.25, 0.3) is 5.69 Å². The summed E-state index contributed by atoms with van der Waals surface area (Å²) < 4.78 is 5.49. The second-order valence-electron chi connectivity index (χ2n) is 8.31. The van der Waals surface area contributed by atoms with E-state index in [0.29, 0.717) is 11.1 Å². The van der Waals surface area contributed by atoms with Crippen molar-refractivity contribution >= 4 is 23.0 Å². The SMILES string of the molecule is COC(=O)[C@@](c1ccccc1)([C@@H](Nc1ccccc1)c1ccc([N+](=O)[O-])cc1)N(C)c1ccccc1. The van der Waals surface area contributed by atoms with E-state index in [-0.39, 0.29) is 5.69 Å². The molecule has 7 heteroatoms. The fourth-order valence-corrected chi connectivity index (χ4v) is 4.55. The number of nitrogens with zero attached hydrogens (tertiary/aromatic N) is 2. The summed E-state index contributed by atoms with van der Waals surface area (Å²) in [5, 5.41) is 14.9. The average molecular weight is 482 g/mol. The number of non-ortho nitro benzene ring substituents is 1. The molecule has 0 aliphatic carbocycles. The number of nitrogens with one attached hydrogen (secondary N) is 1. The number of carbonyl (C=O) groups excluding carboxylic acids is 1. The molecule has 0 bridgehead atoms. The summed E-state index contributed by atoms with van der Waals surface area (Å²) in [6.45, 7) is 0. The van der Waals surface area contributed by atoms with Crippen LogP contribution in [0.1, 0.15) is 17.2 Å². The number of hydrogen-bond donors (Lipinski definition) is 1. The van der Waals surface area contributed by atoms with Crippen molar-refractivity contribution in [3.63, 3.8) is 0 Å². The van der Waals surface area contributed by atoms with Crippen molar-refractivity contribution in [2.24, 2.45) is 0 Å². The van der Waals surface area contributed by atoms with Gasteiger partial charge in [0.2, 0.25) is 0 Å². The number of likely N-dealkylation sites (N-methyl/N-ethyl adjacent to an activating group) is 1. The molecule has 0 aromatic heterocycles. The predicted octanol–water partition coefficient (Wildman–Crippen LogP) is 5.95. The Morgan fingerprint density at radius 3 is 1.92 bits per heavy atom. The maximum absolute atomic E-state index is 14.0. The largest absolute Gasteiger partial charge is 0.467 e. The minimum absolute atomic E-state index is 0.0306. The Morgan fingerprint density at radius 2 is 1.39 bits per heavy atom. The molecule has 0 fully saturated rings. The lowest BCUT2D eigenvalue weighted by atomic mass is 9.77. The lowest BCUT2D eigenvalue weighted by Crippen LogP contribution is -2.57. The Kier molecular flexibility index (Phi) is 7.30. The third kappa shape index (κ3) is 4.63. The molecule has 0 aliphatic heterocycles. The number of benzene rings is 4. The lowest BCUT2D eigenvalue weighted by molar-refractivity contribution is -0.384. The Balaban J connectivity index is 2.02. The van der Waals surface area contributed by atoms with Crippen LogP contribution < -0.4 is 10.2 Å². The van der Waals surface area contributed by atoms with Gasteiger partial charge in [0.05, 0.1) is 18.1 Å². The highest BCUT2D eigenvalue weighted by Crippen LogP contribution is 2.45. The lowest BCUT2D eigenvalue weighted by Gasteiger charge is -2.47. The quantitative estimate of drug-likeness (QED) is 0.181. The molecule has 4 aromatic rings. The van der Waals surface area contributed by atoms with Crippen molar-refractivity contribution in [1.82, 2.24) is 0 Å². The number of hydrogen-bond acceptors (Lipinski definition) is 6. The number of ether oxygens (including phenoxy) is 1. The van der Waals surface area contributed by atoms with Gasteiger partial charge in [-0.25, -0.2) is 4.79 Å². The summed E-state index contributed by atoms with van der Waals surface area (Å²) in [5.41, 5.74) is 1.55. The van der Waals surface area contributed by atoms with Crippen LogP contribution in [0.3, 0.4) is 0 Å². The van der Waals surface area contributed by atoms with Gasteiger partial charge in [-0.2, -0.15) is 0 Å². The number of carbonyl (C=O) groups is 1. The minimum Gasteiger partial charge on any atom is -0.467 e. The summed E-state index contributed by atoms with van der Waals surface area (Å²) in [6, 6.07) is 34.1. The van der Waals surface area contributed by atoms with E-state index in [9.17, 15) is 14.9 Å². The number of esters is 1. The monoisotopic (exact) mass is 481 g/mol. The number of rotatable bonds is 9. The zero-order chi connectivity index (χ0) is 25.5. The van der Waals surface area contributed by atoms with E-state index in [2.05, 4.69) is 5.32 Å². The standard InChI is InChI=1S/C29H27N3O4/c1-31(25-16-10-5-11-17-25)29(28(33)36-2,23-12-6-3-7-13-23)27(30-24-14-8-4-9-15-24)22-18-20-26(21-19-22)32(34)35/h3-21,27,30H,1-2H3/t27-,29+/m0/s1. The van der Waals surface area contributed by atoms with Crippen LogP contribution in [0.2, 0.25) is 0 Å². The molecule has 2 atom stereocenters. The Bertz CT molecular complexity index is 1300. The molecule has 0 spiro atoms. The van der Waals surface area contributed by atoms with E-state index in [1.807, 2.05) is 103 Å². The molecule has 7 nitrogen and oxygen atoms in total. The molecular weight excluding hydrogens is 454 g/mol. The molecule has 36 heavy (non-hydrogen) atoms. The van der Waals surface area contributed by atoms with E-state index in [1.54, 1.807) is 12.1 Å². The van der Waals surface area contributed by atoms with Crippen molar-refractivity contribution in [3.05, 3.63) is 137 Å². The maximum atomic E-state index is 14.0. The highest BCUT2D eigenvalue weighted by molar-refractivity contribution is 5.89. The second kappa shape index (κ2) is 10.7. The van der Waals surface area contributed by atoms with Crippen molar-refractivity contribution in [2.75, 3.05) is 24.4 Å². The highest BCUT2D eigenvalue weighted by atomic mass is 16.6. The van der Waals surface area contributed by atoms with Gasteiger partial charge in [0.1, 0.15) is 0 Å². The van der Waals surface area contributed by atoms with Crippen LogP contribution >= 0.6 is 0 Å². The van der Waals surface area contributed by atoms with Crippen LogP contribution in [0.15, 0.2) is 115 Å². The highest BCUT2D eigenvalue weighted by Gasteiger charge is 2.53. The maximum Gasteiger partial charge on any atom is 0.338 e. The van der Waals surface area contributed by atoms with Gasteiger partial charge in [0.15, 0.2) is 5.54 Å². The van der Waals surface area contributed by atoms with E-state index >= 15 is 0 Å². The summed E-state index contributed by atoms with van der Waals surface area (Å²) in [6.07, 6.45) is 0. The van der Waals surface area contributed by atoms with Gasteiger partial charge >= 0.3 is 5.97 Å². The summed E-state index contributed by atoms with van der Waals surface area (Å²) in [5.74, 6) is -0.480. The number of para-hydroxylation sites is 2. The molecule has 0 saturated heterocycles. The zero-order valence-corrected chi connectivity index (χ0v) is 20.1. The third-order valence-corrected chi connectivity index (χ3v) is 6.32. The van der Waals surface area contributed by atoms with Crippen LogP contribution in [-0.2, 0) is 15.1 Å². The zero-order valence-electron chi connectivity index (χ0n) is 20.1. The normalized spacial score (nSPS) is 13.2. The first kappa shape index (κ1) is 24.5. The average Bonchev–Trinajstić information content (AvgIpc) is 2.94.